The van der Waals surface area contributed by atoms with Gasteiger partial charge in [0.2, 0.25) is 0 Å². The van der Waals surface area contributed by atoms with Gasteiger partial charge in [0.05, 0.1) is 34.0 Å². The van der Waals surface area contributed by atoms with Crippen LogP contribution in [0.4, 0.5) is 11.8 Å². The van der Waals surface area contributed by atoms with E-state index in [0.717, 1.165) is 44.5 Å². The zero-order chi connectivity index (χ0) is 27.5. The molecule has 7 rings (SSSR count). The lowest BCUT2D eigenvalue weighted by Gasteiger charge is -2.17. The maximum Gasteiger partial charge on any atom is 0.263 e. The molecule has 10 nitrogen and oxygen atoms in total. The standard InChI is InChI=1S/C30H25N9O/c1-16-6-3-4-9-23(16)39-20(12-18-8-5-7-17(2)24(18)29(39)40)14-38-28-25(27(31)33-15-34-28)26(37-38)19-10-11-21-22(13-19)36-30(32)35-21/h3-13,15H,14H2,1-2H3,(H2,31,33,34)(H3,32,35,36). The van der Waals surface area contributed by atoms with Crippen LogP contribution in [0.3, 0.4) is 0 Å². The highest BCUT2D eigenvalue weighted by Gasteiger charge is 2.21. The molecule has 0 atom stereocenters. The van der Waals surface area contributed by atoms with Gasteiger partial charge in [-0.15, -0.1) is 0 Å². The van der Waals surface area contributed by atoms with Crippen LogP contribution in [-0.2, 0) is 6.54 Å². The van der Waals surface area contributed by atoms with Gasteiger partial charge in [-0.25, -0.2) is 19.6 Å². The molecule has 3 aromatic carbocycles. The number of aromatic nitrogens is 7. The van der Waals surface area contributed by atoms with Crippen molar-refractivity contribution in [3.63, 3.8) is 0 Å². The molecule has 5 N–H and O–H groups in total. The summed E-state index contributed by atoms with van der Waals surface area (Å²) in [5, 5.41) is 7.17. The van der Waals surface area contributed by atoms with Crippen LogP contribution in [-0.4, -0.2) is 34.3 Å². The number of benzene rings is 3. The Morgan fingerprint density at radius 1 is 0.900 bits per heavy atom. The van der Waals surface area contributed by atoms with E-state index < -0.39 is 0 Å². The SMILES string of the molecule is Cc1ccccc1-n1c(Cn2nc(-c3ccc4nc(N)[nH]c4c3)c3c(N)ncnc32)cc2cccc(C)c2c1=O. The molecule has 0 aliphatic rings. The second kappa shape index (κ2) is 8.77. The summed E-state index contributed by atoms with van der Waals surface area (Å²) in [5.74, 6) is 0.659. The number of para-hydroxylation sites is 1. The number of nitrogens with zero attached hydrogens (tertiary/aromatic N) is 6. The van der Waals surface area contributed by atoms with Crippen molar-refractivity contribution >= 4 is 44.6 Å². The van der Waals surface area contributed by atoms with E-state index in [4.69, 9.17) is 16.6 Å². The molecule has 0 amide bonds. The van der Waals surface area contributed by atoms with Crippen LogP contribution in [0.15, 0.2) is 77.9 Å². The highest BCUT2D eigenvalue weighted by molar-refractivity contribution is 5.99. The van der Waals surface area contributed by atoms with Gasteiger partial charge in [-0.3, -0.25) is 9.36 Å². The predicted octanol–water partition coefficient (Wildman–Crippen LogP) is 4.50. The number of anilines is 2. The van der Waals surface area contributed by atoms with E-state index in [0.29, 0.717) is 33.9 Å². The molecule has 0 spiro atoms. The molecule has 0 bridgehead atoms. The first kappa shape index (κ1) is 23.6. The quantitative estimate of drug-likeness (QED) is 0.305. The Kier molecular flexibility index (Phi) is 5.17. The zero-order valence-electron chi connectivity index (χ0n) is 21.9. The smallest absolute Gasteiger partial charge is 0.263 e. The van der Waals surface area contributed by atoms with Gasteiger partial charge < -0.3 is 16.5 Å². The minimum Gasteiger partial charge on any atom is -0.383 e. The van der Waals surface area contributed by atoms with E-state index in [2.05, 4.69) is 19.9 Å². The Bertz CT molecular complexity index is 2170. The first-order valence-electron chi connectivity index (χ1n) is 12.8. The fraction of sp³-hybridized carbons (Fsp3) is 0.100. The number of H-pyrrole nitrogens is 1. The average Bonchev–Trinajstić information content (AvgIpc) is 3.49. The molecule has 40 heavy (non-hydrogen) atoms. The Hall–Kier alpha value is -5.51. The molecule has 4 heterocycles. The molecular weight excluding hydrogens is 502 g/mol. The van der Waals surface area contributed by atoms with Gasteiger partial charge in [0.1, 0.15) is 17.8 Å². The first-order chi connectivity index (χ1) is 19.4. The molecular formula is C30H25N9O. The van der Waals surface area contributed by atoms with Crippen molar-refractivity contribution in [1.82, 2.24) is 34.3 Å². The Balaban J connectivity index is 1.47. The Morgan fingerprint density at radius 3 is 2.58 bits per heavy atom. The molecule has 4 aromatic heterocycles. The Morgan fingerprint density at radius 2 is 1.73 bits per heavy atom. The van der Waals surface area contributed by atoms with Crippen molar-refractivity contribution < 1.29 is 0 Å². The lowest BCUT2D eigenvalue weighted by molar-refractivity contribution is 0.671. The van der Waals surface area contributed by atoms with Crippen molar-refractivity contribution in [2.45, 2.75) is 20.4 Å². The van der Waals surface area contributed by atoms with Crippen molar-refractivity contribution in [2.75, 3.05) is 11.5 Å². The number of pyridine rings is 1. The van der Waals surface area contributed by atoms with E-state index in [-0.39, 0.29) is 12.1 Å². The highest BCUT2D eigenvalue weighted by Crippen LogP contribution is 2.32. The molecule has 196 valence electrons. The normalized spacial score (nSPS) is 11.7. The van der Waals surface area contributed by atoms with Crippen LogP contribution in [0.1, 0.15) is 16.8 Å². The monoisotopic (exact) mass is 527 g/mol. The van der Waals surface area contributed by atoms with E-state index in [1.54, 1.807) is 9.25 Å². The van der Waals surface area contributed by atoms with Crippen molar-refractivity contribution in [3.8, 4) is 16.9 Å². The van der Waals surface area contributed by atoms with Crippen LogP contribution in [0.5, 0.6) is 0 Å². The number of fused-ring (bicyclic) bond motifs is 3. The predicted molar refractivity (Wildman–Crippen MR) is 157 cm³/mol. The third-order valence-corrected chi connectivity index (χ3v) is 7.33. The third-order valence-electron chi connectivity index (χ3n) is 7.33. The van der Waals surface area contributed by atoms with E-state index in [1.807, 2.05) is 80.6 Å². The number of aromatic amines is 1. The molecule has 0 saturated heterocycles. The maximum absolute atomic E-state index is 14.1. The van der Waals surface area contributed by atoms with Crippen LogP contribution in [0.25, 0.3) is 49.8 Å². The van der Waals surface area contributed by atoms with Crippen molar-refractivity contribution in [2.24, 2.45) is 0 Å². The third kappa shape index (κ3) is 3.61. The molecule has 0 aliphatic carbocycles. The van der Waals surface area contributed by atoms with Gasteiger partial charge in [-0.1, -0.05) is 42.5 Å². The van der Waals surface area contributed by atoms with E-state index in [1.165, 1.54) is 6.33 Å². The topological polar surface area (TPSA) is 146 Å². The summed E-state index contributed by atoms with van der Waals surface area (Å²) in [5.41, 5.74) is 19.2. The molecule has 0 fully saturated rings. The summed E-state index contributed by atoms with van der Waals surface area (Å²) in [6.07, 6.45) is 1.43. The van der Waals surface area contributed by atoms with Crippen molar-refractivity contribution in [1.29, 1.82) is 0 Å². The summed E-state index contributed by atoms with van der Waals surface area (Å²) < 4.78 is 3.56. The van der Waals surface area contributed by atoms with Gasteiger partial charge >= 0.3 is 0 Å². The number of hydrogen-bond donors (Lipinski definition) is 3. The van der Waals surface area contributed by atoms with Gasteiger partial charge in [-0.2, -0.15) is 5.10 Å². The minimum atomic E-state index is -0.0759. The van der Waals surface area contributed by atoms with Crippen LogP contribution < -0.4 is 17.0 Å². The van der Waals surface area contributed by atoms with Gasteiger partial charge in [0.15, 0.2) is 11.6 Å². The largest absolute Gasteiger partial charge is 0.383 e. The molecule has 10 heteroatoms. The van der Waals surface area contributed by atoms with Crippen molar-refractivity contribution in [3.05, 3.63) is 100 Å². The molecule has 0 saturated carbocycles. The maximum atomic E-state index is 14.1. The van der Waals surface area contributed by atoms with Crippen LogP contribution in [0, 0.1) is 13.8 Å². The number of hydrogen-bond acceptors (Lipinski definition) is 7. The van der Waals surface area contributed by atoms with E-state index >= 15 is 0 Å². The summed E-state index contributed by atoms with van der Waals surface area (Å²) in [7, 11) is 0. The molecule has 7 aromatic rings. The number of imidazole rings is 1. The number of nitrogens with two attached hydrogens (primary N) is 2. The molecule has 0 radical (unpaired) electrons. The van der Waals surface area contributed by atoms with Crippen LogP contribution >= 0.6 is 0 Å². The number of nitrogens with one attached hydrogen (secondary N) is 1. The second-order valence-corrected chi connectivity index (χ2v) is 9.92. The summed E-state index contributed by atoms with van der Waals surface area (Å²) in [6.45, 7) is 4.24. The van der Waals surface area contributed by atoms with Crippen LogP contribution in [0.2, 0.25) is 0 Å². The number of aryl methyl sites for hydroxylation is 2. The summed E-state index contributed by atoms with van der Waals surface area (Å²) in [6, 6.07) is 21.5. The lowest BCUT2D eigenvalue weighted by Crippen LogP contribution is -2.25. The fourth-order valence-electron chi connectivity index (χ4n) is 5.46. The lowest BCUT2D eigenvalue weighted by atomic mass is 10.1. The summed E-state index contributed by atoms with van der Waals surface area (Å²) in [4.78, 5) is 30.2. The van der Waals surface area contributed by atoms with Gasteiger partial charge in [-0.05, 0) is 54.6 Å². The molecule has 0 aliphatic heterocycles. The average molecular weight is 528 g/mol. The number of rotatable bonds is 4. The highest BCUT2D eigenvalue weighted by atomic mass is 16.1. The Labute approximate surface area is 227 Å². The number of nitrogen functional groups attached to an aromatic ring is 2. The zero-order valence-corrected chi connectivity index (χ0v) is 21.9. The minimum absolute atomic E-state index is 0.0759. The van der Waals surface area contributed by atoms with Gasteiger partial charge in [0.25, 0.3) is 5.56 Å². The fourth-order valence-corrected chi connectivity index (χ4v) is 5.46. The molecule has 0 unspecified atom stereocenters. The summed E-state index contributed by atoms with van der Waals surface area (Å²) >= 11 is 0. The first-order valence-corrected chi connectivity index (χ1v) is 12.8. The van der Waals surface area contributed by atoms with E-state index in [9.17, 15) is 4.79 Å². The second-order valence-electron chi connectivity index (χ2n) is 9.92. The van der Waals surface area contributed by atoms with Gasteiger partial charge in [0, 0.05) is 11.3 Å².